The molecule has 5 heteroatoms. The predicted molar refractivity (Wildman–Crippen MR) is 52.6 cm³/mol. The van der Waals surface area contributed by atoms with Gasteiger partial charge < -0.3 is 14.4 Å². The predicted octanol–water partition coefficient (Wildman–Crippen LogP) is 0.551. The standard InChI is InChI=1S/C10H14N2O3/c1-12-5-7(11-6-12)10(3-4-10)8(15-2)9(13)14/h5-6,8H,3-4H2,1-2H3,(H,13,14). The minimum atomic E-state index is -0.916. The molecule has 0 aromatic carbocycles. The maximum Gasteiger partial charge on any atom is 0.333 e. The SMILES string of the molecule is COC(C(=O)O)C1(c2cn(C)cn2)CC1. The van der Waals surface area contributed by atoms with Gasteiger partial charge in [0.1, 0.15) is 0 Å². The summed E-state index contributed by atoms with van der Waals surface area (Å²) in [4.78, 5) is 15.3. The number of aromatic nitrogens is 2. The summed E-state index contributed by atoms with van der Waals surface area (Å²) in [5.41, 5.74) is 0.418. The van der Waals surface area contributed by atoms with E-state index < -0.39 is 17.5 Å². The molecular formula is C10H14N2O3. The topological polar surface area (TPSA) is 64.3 Å². The van der Waals surface area contributed by atoms with E-state index in [4.69, 9.17) is 9.84 Å². The van der Waals surface area contributed by atoms with E-state index in [0.29, 0.717) is 0 Å². The van der Waals surface area contributed by atoms with Crippen molar-refractivity contribution in [2.45, 2.75) is 24.4 Å². The van der Waals surface area contributed by atoms with Crippen LogP contribution in [0.3, 0.4) is 0 Å². The molecule has 1 unspecified atom stereocenters. The number of rotatable bonds is 4. The van der Waals surface area contributed by atoms with Crippen LogP contribution in [0.2, 0.25) is 0 Å². The second kappa shape index (κ2) is 3.34. The Morgan fingerprint density at radius 2 is 2.40 bits per heavy atom. The van der Waals surface area contributed by atoms with E-state index in [9.17, 15) is 4.79 Å². The van der Waals surface area contributed by atoms with Crippen LogP contribution in [-0.2, 0) is 22.0 Å². The van der Waals surface area contributed by atoms with Gasteiger partial charge in [-0.2, -0.15) is 0 Å². The molecule has 0 saturated heterocycles. The van der Waals surface area contributed by atoms with Crippen molar-refractivity contribution >= 4 is 5.97 Å². The highest BCUT2D eigenvalue weighted by atomic mass is 16.5. The van der Waals surface area contributed by atoms with Gasteiger partial charge in [0.15, 0.2) is 6.10 Å². The van der Waals surface area contributed by atoms with E-state index in [2.05, 4.69) is 4.98 Å². The molecule has 2 rings (SSSR count). The van der Waals surface area contributed by atoms with Gasteiger partial charge in [-0.1, -0.05) is 0 Å². The molecule has 1 saturated carbocycles. The minimum Gasteiger partial charge on any atom is -0.479 e. The maximum absolute atomic E-state index is 11.0. The van der Waals surface area contributed by atoms with E-state index in [1.165, 1.54) is 7.11 Å². The summed E-state index contributed by atoms with van der Waals surface area (Å²) < 4.78 is 6.88. The Hall–Kier alpha value is -1.36. The second-order valence-electron chi connectivity index (χ2n) is 4.03. The molecular weight excluding hydrogens is 196 g/mol. The fourth-order valence-corrected chi connectivity index (χ4v) is 2.02. The van der Waals surface area contributed by atoms with Crippen LogP contribution < -0.4 is 0 Å². The lowest BCUT2D eigenvalue weighted by atomic mass is 9.95. The highest BCUT2D eigenvalue weighted by Gasteiger charge is 2.56. The molecule has 1 N–H and O–H groups in total. The monoisotopic (exact) mass is 210 g/mol. The number of ether oxygens (including phenoxy) is 1. The normalized spacial score (nSPS) is 19.9. The van der Waals surface area contributed by atoms with Crippen molar-refractivity contribution < 1.29 is 14.6 Å². The Morgan fingerprint density at radius 3 is 2.73 bits per heavy atom. The molecule has 1 aliphatic carbocycles. The molecule has 1 atom stereocenters. The summed E-state index contributed by atoms with van der Waals surface area (Å²) in [5, 5.41) is 9.06. The Bertz CT molecular complexity index is 382. The second-order valence-corrected chi connectivity index (χ2v) is 4.03. The van der Waals surface area contributed by atoms with Crippen LogP contribution >= 0.6 is 0 Å². The Labute approximate surface area is 87.7 Å². The van der Waals surface area contributed by atoms with Crippen LogP contribution in [0.5, 0.6) is 0 Å². The number of methoxy groups -OCH3 is 1. The molecule has 1 aliphatic rings. The highest BCUT2D eigenvalue weighted by molar-refractivity contribution is 5.75. The maximum atomic E-state index is 11.0. The van der Waals surface area contributed by atoms with Gasteiger partial charge in [0.25, 0.3) is 0 Å². The lowest BCUT2D eigenvalue weighted by molar-refractivity contribution is -0.150. The zero-order valence-corrected chi connectivity index (χ0v) is 8.80. The summed E-state index contributed by atoms with van der Waals surface area (Å²) >= 11 is 0. The summed E-state index contributed by atoms with van der Waals surface area (Å²) in [5.74, 6) is -0.916. The van der Waals surface area contributed by atoms with E-state index in [1.54, 1.807) is 6.33 Å². The van der Waals surface area contributed by atoms with Gasteiger partial charge in [0.2, 0.25) is 0 Å². The minimum absolute atomic E-state index is 0.401. The van der Waals surface area contributed by atoms with Crippen LogP contribution in [0.4, 0.5) is 0 Å². The quantitative estimate of drug-likeness (QED) is 0.788. The molecule has 1 fully saturated rings. The summed E-state index contributed by atoms with van der Waals surface area (Å²) in [6.07, 6.45) is 4.42. The molecule has 82 valence electrons. The third-order valence-corrected chi connectivity index (χ3v) is 2.97. The number of aryl methyl sites for hydroxylation is 1. The number of hydrogen-bond donors (Lipinski definition) is 1. The average Bonchev–Trinajstić information content (AvgIpc) is 2.83. The zero-order valence-electron chi connectivity index (χ0n) is 8.80. The Balaban J connectivity index is 2.30. The van der Waals surface area contributed by atoms with Gasteiger partial charge in [0.05, 0.1) is 17.4 Å². The van der Waals surface area contributed by atoms with E-state index in [0.717, 1.165) is 18.5 Å². The third-order valence-electron chi connectivity index (χ3n) is 2.97. The zero-order chi connectivity index (χ0) is 11.1. The van der Waals surface area contributed by atoms with Crippen molar-refractivity contribution in [3.8, 4) is 0 Å². The summed E-state index contributed by atoms with van der Waals surface area (Å²) in [6.45, 7) is 0. The molecule has 0 aliphatic heterocycles. The Morgan fingerprint density at radius 1 is 1.73 bits per heavy atom. The van der Waals surface area contributed by atoms with Crippen LogP contribution in [0, 0.1) is 0 Å². The number of imidazole rings is 1. The van der Waals surface area contributed by atoms with Crippen molar-refractivity contribution in [2.24, 2.45) is 7.05 Å². The number of aliphatic carboxylic acids is 1. The van der Waals surface area contributed by atoms with Crippen LogP contribution in [0.1, 0.15) is 18.5 Å². The largest absolute Gasteiger partial charge is 0.479 e. The van der Waals surface area contributed by atoms with Crippen molar-refractivity contribution in [1.29, 1.82) is 0 Å². The highest BCUT2D eigenvalue weighted by Crippen LogP contribution is 2.51. The molecule has 0 spiro atoms. The molecule has 0 radical (unpaired) electrons. The lowest BCUT2D eigenvalue weighted by Gasteiger charge is -2.19. The summed E-state index contributed by atoms with van der Waals surface area (Å²) in [7, 11) is 3.30. The number of carbonyl (C=O) groups is 1. The molecule has 0 amide bonds. The molecule has 5 nitrogen and oxygen atoms in total. The van der Waals surface area contributed by atoms with Crippen molar-refractivity contribution in [3.05, 3.63) is 18.2 Å². The first-order chi connectivity index (χ1) is 7.10. The Kier molecular flexibility index (Phi) is 2.26. The average molecular weight is 210 g/mol. The molecule has 0 bridgehead atoms. The van der Waals surface area contributed by atoms with Crippen molar-refractivity contribution in [3.63, 3.8) is 0 Å². The van der Waals surface area contributed by atoms with Gasteiger partial charge in [-0.3, -0.25) is 0 Å². The first kappa shape index (κ1) is 10.2. The van der Waals surface area contributed by atoms with Gasteiger partial charge in [-0.25, -0.2) is 9.78 Å². The van der Waals surface area contributed by atoms with Crippen LogP contribution in [0.25, 0.3) is 0 Å². The number of carboxylic acid groups (broad SMARTS) is 1. The van der Waals surface area contributed by atoms with Gasteiger partial charge in [-0.15, -0.1) is 0 Å². The van der Waals surface area contributed by atoms with E-state index in [1.807, 2.05) is 17.8 Å². The first-order valence-electron chi connectivity index (χ1n) is 4.84. The molecule has 1 heterocycles. The fraction of sp³-hybridized carbons (Fsp3) is 0.600. The third kappa shape index (κ3) is 1.52. The number of carboxylic acids is 1. The van der Waals surface area contributed by atoms with E-state index in [-0.39, 0.29) is 0 Å². The van der Waals surface area contributed by atoms with Crippen molar-refractivity contribution in [2.75, 3.05) is 7.11 Å². The first-order valence-corrected chi connectivity index (χ1v) is 4.84. The van der Waals surface area contributed by atoms with E-state index >= 15 is 0 Å². The smallest absolute Gasteiger partial charge is 0.333 e. The molecule has 1 aromatic heterocycles. The van der Waals surface area contributed by atoms with Crippen LogP contribution in [0.15, 0.2) is 12.5 Å². The van der Waals surface area contributed by atoms with Crippen LogP contribution in [-0.4, -0.2) is 33.8 Å². The number of nitrogens with zero attached hydrogens (tertiary/aromatic N) is 2. The molecule has 15 heavy (non-hydrogen) atoms. The van der Waals surface area contributed by atoms with Crippen molar-refractivity contribution in [1.82, 2.24) is 9.55 Å². The fourth-order valence-electron chi connectivity index (χ4n) is 2.02. The van der Waals surface area contributed by atoms with Gasteiger partial charge in [-0.05, 0) is 12.8 Å². The molecule has 1 aromatic rings. The lowest BCUT2D eigenvalue weighted by Crippen LogP contribution is -2.36. The van der Waals surface area contributed by atoms with Gasteiger partial charge >= 0.3 is 5.97 Å². The summed E-state index contributed by atoms with van der Waals surface area (Å²) in [6, 6.07) is 0. The number of hydrogen-bond acceptors (Lipinski definition) is 3. The van der Waals surface area contributed by atoms with Gasteiger partial charge in [0, 0.05) is 20.4 Å².